The Morgan fingerprint density at radius 1 is 1.00 bits per heavy atom. The first-order chi connectivity index (χ1) is 21.8. The predicted octanol–water partition coefficient (Wildman–Crippen LogP) is 8.84. The third kappa shape index (κ3) is 10.3. The number of nitrogens with zero attached hydrogens (tertiary/aromatic N) is 3. The zero-order chi connectivity index (χ0) is 33.5. The summed E-state index contributed by atoms with van der Waals surface area (Å²) in [7, 11) is -2.64. The summed E-state index contributed by atoms with van der Waals surface area (Å²) in [5.41, 5.74) is 2.54. The Hall–Kier alpha value is -2.81. The van der Waals surface area contributed by atoms with Crippen molar-refractivity contribution >= 4 is 33.1 Å². The van der Waals surface area contributed by atoms with Crippen molar-refractivity contribution < 1.29 is 27.7 Å². The normalized spacial score (nSPS) is 14.2. The number of aromatic nitrogens is 3. The molecule has 8 nitrogen and oxygen atoms in total. The van der Waals surface area contributed by atoms with Crippen LogP contribution in [-0.4, -0.2) is 56.4 Å². The van der Waals surface area contributed by atoms with E-state index in [2.05, 4.69) is 57.4 Å². The minimum atomic E-state index is -2.98. The van der Waals surface area contributed by atoms with E-state index < -0.39 is 22.8 Å². The van der Waals surface area contributed by atoms with Gasteiger partial charge >= 0.3 is 6.61 Å². The summed E-state index contributed by atoms with van der Waals surface area (Å²) in [6.07, 6.45) is 10.4. The fourth-order valence-electron chi connectivity index (χ4n) is 4.91. The molecule has 12 heteroatoms. The van der Waals surface area contributed by atoms with Crippen LogP contribution in [0.3, 0.4) is 0 Å². The van der Waals surface area contributed by atoms with E-state index in [-0.39, 0.29) is 36.6 Å². The van der Waals surface area contributed by atoms with Crippen LogP contribution < -0.4 is 15.0 Å². The van der Waals surface area contributed by atoms with Crippen LogP contribution in [0.15, 0.2) is 35.3 Å². The van der Waals surface area contributed by atoms with Gasteiger partial charge < -0.3 is 23.5 Å². The van der Waals surface area contributed by atoms with Crippen LogP contribution in [0.5, 0.6) is 11.5 Å². The smallest absolute Gasteiger partial charge is 0.387 e. The number of benzene rings is 1. The Balaban J connectivity index is 1.85. The first kappa shape index (κ1) is 36.0. The minimum Gasteiger partial charge on any atom is -0.487 e. The van der Waals surface area contributed by atoms with Crippen LogP contribution in [-0.2, 0) is 22.9 Å². The zero-order valence-electron chi connectivity index (χ0n) is 28.5. The van der Waals surface area contributed by atoms with E-state index in [1.54, 1.807) is 18.3 Å². The lowest BCUT2D eigenvalue weighted by molar-refractivity contribution is -0.0516. The van der Waals surface area contributed by atoms with Crippen molar-refractivity contribution in [3.63, 3.8) is 0 Å². The lowest BCUT2D eigenvalue weighted by Gasteiger charge is -2.18. The van der Waals surface area contributed by atoms with Crippen LogP contribution in [0.2, 0.25) is 51.4 Å². The van der Waals surface area contributed by atoms with Crippen molar-refractivity contribution in [2.24, 2.45) is 0 Å². The molecule has 2 aromatic heterocycles. The van der Waals surface area contributed by atoms with Crippen LogP contribution in [0.4, 0.5) is 8.78 Å². The molecule has 0 radical (unpaired) electrons. The third-order valence-corrected chi connectivity index (χ3v) is 11.2. The molecule has 1 aromatic carbocycles. The van der Waals surface area contributed by atoms with Gasteiger partial charge in [0, 0.05) is 40.5 Å². The Kier molecular flexibility index (Phi) is 12.4. The topological polar surface area (TPSA) is 76.7 Å². The average Bonchev–Trinajstić information content (AvgIpc) is 3.72. The van der Waals surface area contributed by atoms with Gasteiger partial charge in [-0.05, 0) is 49.5 Å². The maximum atomic E-state index is 14.1. The maximum absolute atomic E-state index is 14.1. The summed E-state index contributed by atoms with van der Waals surface area (Å²) >= 11 is 0. The molecule has 0 N–H and O–H groups in total. The highest BCUT2D eigenvalue weighted by Gasteiger charge is 2.28. The molecule has 2 heterocycles. The number of hydrogen-bond donors (Lipinski definition) is 0. The number of rotatable bonds is 19. The number of fused-ring (bicyclic) bond motifs is 1. The number of allylic oxidation sites excluding steroid dienone is 1. The van der Waals surface area contributed by atoms with Gasteiger partial charge in [-0.25, -0.2) is 4.68 Å². The van der Waals surface area contributed by atoms with Crippen molar-refractivity contribution in [1.29, 1.82) is 0 Å². The van der Waals surface area contributed by atoms with Crippen molar-refractivity contribution in [2.45, 2.75) is 117 Å². The van der Waals surface area contributed by atoms with Gasteiger partial charge in [-0.1, -0.05) is 71.2 Å². The molecule has 1 aliphatic rings. The van der Waals surface area contributed by atoms with Crippen molar-refractivity contribution in [3.8, 4) is 22.8 Å². The molecule has 254 valence electrons. The molecule has 0 aliphatic heterocycles. The van der Waals surface area contributed by atoms with Crippen LogP contribution in [0, 0.1) is 0 Å². The molecule has 0 amide bonds. The zero-order valence-corrected chi connectivity index (χ0v) is 30.5. The molecule has 46 heavy (non-hydrogen) atoms. The van der Waals surface area contributed by atoms with E-state index in [1.165, 1.54) is 10.7 Å². The largest absolute Gasteiger partial charge is 0.487 e. The SMILES string of the molecule is CCCC/C=C/c1c(-c2ccc(OC(F)F)c(OC3CC3)c2)n(COCC[Si](C)(C)C)c2cnn(COCC[Si](C)(C)C)c(=O)c12. The molecule has 0 unspecified atom stereocenters. The highest BCUT2D eigenvalue weighted by molar-refractivity contribution is 6.76. The first-order valence-electron chi connectivity index (χ1n) is 16.5. The van der Waals surface area contributed by atoms with Crippen LogP contribution >= 0.6 is 0 Å². The number of hydrogen-bond acceptors (Lipinski definition) is 6. The highest BCUT2D eigenvalue weighted by Crippen LogP contribution is 2.41. The maximum Gasteiger partial charge on any atom is 0.387 e. The van der Waals surface area contributed by atoms with Gasteiger partial charge in [0.1, 0.15) is 13.5 Å². The van der Waals surface area contributed by atoms with Crippen LogP contribution in [0.1, 0.15) is 44.6 Å². The van der Waals surface area contributed by atoms with Crippen molar-refractivity contribution in [2.75, 3.05) is 13.2 Å². The Labute approximate surface area is 273 Å². The monoisotopic (exact) mass is 675 g/mol. The van der Waals surface area contributed by atoms with Crippen molar-refractivity contribution in [1.82, 2.24) is 14.3 Å². The Morgan fingerprint density at radius 2 is 1.67 bits per heavy atom. The molecule has 1 saturated carbocycles. The summed E-state index contributed by atoms with van der Waals surface area (Å²) in [5.74, 6) is 0.239. The Morgan fingerprint density at radius 3 is 2.28 bits per heavy atom. The summed E-state index contributed by atoms with van der Waals surface area (Å²) in [6, 6.07) is 6.96. The predicted molar refractivity (Wildman–Crippen MR) is 186 cm³/mol. The molecule has 0 spiro atoms. The Bertz CT molecular complexity index is 1540. The van der Waals surface area contributed by atoms with Gasteiger partial charge in [-0.3, -0.25) is 4.79 Å². The molecule has 1 aliphatic carbocycles. The lowest BCUT2D eigenvalue weighted by Crippen LogP contribution is -2.26. The molecule has 3 aromatic rings. The van der Waals surface area contributed by atoms with Crippen LogP contribution in [0.25, 0.3) is 28.2 Å². The van der Waals surface area contributed by atoms with Crippen molar-refractivity contribution in [3.05, 3.63) is 46.4 Å². The quantitative estimate of drug-likeness (QED) is 0.0934. The third-order valence-electron chi connectivity index (χ3n) is 7.80. The van der Waals surface area contributed by atoms with Gasteiger partial charge in [0.2, 0.25) is 0 Å². The highest BCUT2D eigenvalue weighted by atomic mass is 28.3. The summed E-state index contributed by atoms with van der Waals surface area (Å²) in [4.78, 5) is 14.1. The number of ether oxygens (including phenoxy) is 4. The van der Waals surface area contributed by atoms with E-state index in [1.807, 2.05) is 10.6 Å². The minimum absolute atomic E-state index is 0.0146. The molecule has 1 fully saturated rings. The van der Waals surface area contributed by atoms with Gasteiger partial charge in [0.25, 0.3) is 5.56 Å². The number of unbranched alkanes of at least 4 members (excludes halogenated alkanes) is 2. The summed E-state index contributed by atoms with van der Waals surface area (Å²) < 4.78 is 52.9. The summed E-state index contributed by atoms with van der Waals surface area (Å²) in [6.45, 7) is 14.3. The molecule has 0 atom stereocenters. The fourth-order valence-corrected chi connectivity index (χ4v) is 6.43. The second kappa shape index (κ2) is 15.9. The lowest BCUT2D eigenvalue weighted by atomic mass is 10.0. The molecule has 4 rings (SSSR count). The number of halogens is 2. The average molecular weight is 676 g/mol. The molecular weight excluding hydrogens is 625 g/mol. The van der Waals surface area contributed by atoms with E-state index in [0.29, 0.717) is 29.7 Å². The molecule has 0 bridgehead atoms. The van der Waals surface area contributed by atoms with E-state index >= 15 is 0 Å². The molecule has 0 saturated heterocycles. The van der Waals surface area contributed by atoms with Gasteiger partial charge in [0.15, 0.2) is 11.5 Å². The standard InChI is InChI=1S/C34H51F2N3O5Si2/c1-8-9-10-11-12-27-31-28(22-37-39(33(31)40)24-42-18-20-46(5,6)7)38(23-41-17-19-45(2,3)4)32(27)25-13-16-29(44-34(35)36)30(21-25)43-26-14-15-26/h11-13,16,21-22,26,34H,8-10,14-15,17-20,23-24H2,1-7H3/b12-11+. The summed E-state index contributed by atoms with van der Waals surface area (Å²) in [5, 5.41) is 5.02. The van der Waals surface area contributed by atoms with Gasteiger partial charge in [0.05, 0.1) is 28.9 Å². The second-order valence-electron chi connectivity index (χ2n) is 14.5. The van der Waals surface area contributed by atoms with Gasteiger partial charge in [-0.2, -0.15) is 13.9 Å². The van der Waals surface area contributed by atoms with Gasteiger partial charge in [-0.15, -0.1) is 0 Å². The first-order valence-corrected chi connectivity index (χ1v) is 23.9. The van der Waals surface area contributed by atoms with E-state index in [9.17, 15) is 13.6 Å². The second-order valence-corrected chi connectivity index (χ2v) is 25.7. The number of alkyl halides is 2. The van der Waals surface area contributed by atoms with E-state index in [0.717, 1.165) is 55.4 Å². The van der Waals surface area contributed by atoms with E-state index in [4.69, 9.17) is 18.9 Å². The fraction of sp³-hybridized carbons (Fsp3) is 0.588. The molecular formula is C34H51F2N3O5Si2.